The highest BCUT2D eigenvalue weighted by atomic mass is 16.5. The van der Waals surface area contributed by atoms with Crippen LogP contribution >= 0.6 is 0 Å². The number of nitrogens with one attached hydrogen (secondary N) is 4. The summed E-state index contributed by atoms with van der Waals surface area (Å²) >= 11 is 0. The van der Waals surface area contributed by atoms with Crippen LogP contribution in [0.2, 0.25) is 0 Å². The molecule has 14 heteroatoms. The van der Waals surface area contributed by atoms with Gasteiger partial charge in [0.05, 0.1) is 19.6 Å². The highest BCUT2D eigenvalue weighted by Gasteiger charge is 2.42. The Bertz CT molecular complexity index is 1480. The van der Waals surface area contributed by atoms with Gasteiger partial charge in [-0.15, -0.1) is 0 Å². The van der Waals surface area contributed by atoms with Crippen molar-refractivity contribution in [2.45, 2.75) is 89.5 Å². The smallest absolute Gasteiger partial charge is 0.326 e. The molecule has 1 aliphatic heterocycles. The number of rotatable bonds is 14. The number of ether oxygens (including phenoxy) is 1. The number of aromatic nitrogens is 1. The van der Waals surface area contributed by atoms with Crippen molar-refractivity contribution in [3.63, 3.8) is 0 Å². The maximum Gasteiger partial charge on any atom is 0.326 e. The molecule has 2 aliphatic rings. The second-order valence-corrected chi connectivity index (χ2v) is 12.5. The van der Waals surface area contributed by atoms with E-state index in [0.29, 0.717) is 25.7 Å². The molecule has 0 spiro atoms. The lowest BCUT2D eigenvalue weighted by molar-refractivity contribution is -0.147. The Morgan fingerprint density at radius 1 is 1.04 bits per heavy atom. The molecule has 14 nitrogen and oxygen atoms in total. The molecule has 0 radical (unpaired) electrons. The first-order chi connectivity index (χ1) is 21.8. The normalized spacial score (nSPS) is 18.8. The molecular formula is C32H44N6O8. The van der Waals surface area contributed by atoms with E-state index in [1.807, 2.05) is 31.2 Å². The highest BCUT2D eigenvalue weighted by molar-refractivity contribution is 5.97. The van der Waals surface area contributed by atoms with Gasteiger partial charge in [0, 0.05) is 23.1 Å². The molecule has 1 unspecified atom stereocenters. The van der Waals surface area contributed by atoms with E-state index in [1.54, 1.807) is 13.8 Å². The minimum atomic E-state index is -1.34. The molecule has 1 aromatic carbocycles. The average molecular weight is 641 g/mol. The number of likely N-dealkylation sites (tertiary alicyclic amines) is 1. The van der Waals surface area contributed by atoms with Gasteiger partial charge in [-0.2, -0.15) is 0 Å². The summed E-state index contributed by atoms with van der Waals surface area (Å²) in [5.74, 6) is -4.90. The Morgan fingerprint density at radius 2 is 1.74 bits per heavy atom. The van der Waals surface area contributed by atoms with Crippen molar-refractivity contribution in [1.29, 1.82) is 0 Å². The number of amides is 4. The Labute approximate surface area is 267 Å². The fourth-order valence-electron chi connectivity index (χ4n) is 5.98. The SMILES string of the molecule is COC(=O)C[C@@H](NC(=O)[C@H](N)Cc1c(C)[nH]c2ccccc12)C(=O)N1CCC[C@H]1C(=O)N[C@@H](C(=O)NC(C(=O)O)C1CC1)C(C)C. The molecule has 4 rings (SSSR count). The van der Waals surface area contributed by atoms with Gasteiger partial charge < -0.3 is 41.4 Å². The molecule has 0 bridgehead atoms. The fourth-order valence-corrected chi connectivity index (χ4v) is 5.98. The molecule has 7 N–H and O–H groups in total. The lowest BCUT2D eigenvalue weighted by Crippen LogP contribution is -2.59. The van der Waals surface area contributed by atoms with Gasteiger partial charge in [-0.25, -0.2) is 4.79 Å². The summed E-state index contributed by atoms with van der Waals surface area (Å²) in [5, 5.41) is 18.3. The summed E-state index contributed by atoms with van der Waals surface area (Å²) in [6, 6.07) is 2.18. The number of nitrogens with zero attached hydrogens (tertiary/aromatic N) is 1. The number of carboxylic acids is 1. The van der Waals surface area contributed by atoms with Crippen LogP contribution in [0.1, 0.15) is 57.2 Å². The molecule has 250 valence electrons. The van der Waals surface area contributed by atoms with Crippen LogP contribution in [0.25, 0.3) is 10.9 Å². The van der Waals surface area contributed by atoms with Crippen molar-refractivity contribution in [1.82, 2.24) is 25.8 Å². The van der Waals surface area contributed by atoms with Crippen LogP contribution in [-0.2, 0) is 39.9 Å². The van der Waals surface area contributed by atoms with Crippen LogP contribution in [0, 0.1) is 18.8 Å². The summed E-state index contributed by atoms with van der Waals surface area (Å²) in [4.78, 5) is 82.2. The first-order valence-corrected chi connectivity index (χ1v) is 15.6. The highest BCUT2D eigenvalue weighted by Crippen LogP contribution is 2.33. The predicted molar refractivity (Wildman–Crippen MR) is 167 cm³/mol. The quantitative estimate of drug-likeness (QED) is 0.159. The van der Waals surface area contributed by atoms with Gasteiger partial charge in [-0.05, 0) is 62.5 Å². The topological polar surface area (TPSA) is 213 Å². The minimum absolute atomic E-state index is 0.144. The second-order valence-electron chi connectivity index (χ2n) is 12.5. The van der Waals surface area contributed by atoms with Crippen LogP contribution in [-0.4, -0.2) is 94.4 Å². The minimum Gasteiger partial charge on any atom is -0.480 e. The first kappa shape index (κ1) is 34.4. The monoisotopic (exact) mass is 640 g/mol. The summed E-state index contributed by atoms with van der Waals surface area (Å²) in [5.41, 5.74) is 8.91. The van der Waals surface area contributed by atoms with Gasteiger partial charge in [0.25, 0.3) is 0 Å². The van der Waals surface area contributed by atoms with Crippen LogP contribution in [0.15, 0.2) is 24.3 Å². The molecule has 1 aliphatic carbocycles. The molecule has 1 saturated heterocycles. The first-order valence-electron chi connectivity index (χ1n) is 15.6. The number of hydrogen-bond acceptors (Lipinski definition) is 8. The number of H-pyrrole nitrogens is 1. The molecule has 4 amide bonds. The third kappa shape index (κ3) is 8.03. The van der Waals surface area contributed by atoms with Crippen molar-refractivity contribution >= 4 is 46.5 Å². The Hall–Kier alpha value is -4.46. The largest absolute Gasteiger partial charge is 0.480 e. The van der Waals surface area contributed by atoms with Gasteiger partial charge in [0.2, 0.25) is 23.6 Å². The Balaban J connectivity index is 1.45. The standard InChI is InChI=1S/C32H44N6O8/c1-16(2)26(30(42)37-27(32(44)45)18-11-12-18)36-29(41)24-10-7-13-38(24)31(43)23(15-25(39)46-4)35-28(40)21(33)14-20-17(3)34-22-9-6-5-8-19(20)22/h5-6,8-9,16,18,21,23-24,26-27,34H,7,10-15,33H2,1-4H3,(H,35,40)(H,36,41)(H,37,42)(H,44,45)/t21-,23-,24+,26-,27?/m1/s1. The maximum atomic E-state index is 13.8. The number of aryl methyl sites for hydroxylation is 1. The summed E-state index contributed by atoms with van der Waals surface area (Å²) in [7, 11) is 1.17. The van der Waals surface area contributed by atoms with E-state index in [0.717, 1.165) is 22.2 Å². The molecule has 2 aromatic rings. The number of nitrogens with two attached hydrogens (primary N) is 1. The maximum absolute atomic E-state index is 13.8. The number of benzene rings is 1. The van der Waals surface area contributed by atoms with Crippen molar-refractivity contribution in [3.8, 4) is 0 Å². The van der Waals surface area contributed by atoms with Gasteiger partial charge in [0.15, 0.2) is 0 Å². The van der Waals surface area contributed by atoms with Crippen LogP contribution in [0.5, 0.6) is 0 Å². The lowest BCUT2D eigenvalue weighted by Gasteiger charge is -2.31. The number of hydrogen-bond donors (Lipinski definition) is 6. The molecule has 2 fully saturated rings. The van der Waals surface area contributed by atoms with Gasteiger partial charge in [-0.1, -0.05) is 32.0 Å². The molecule has 5 atom stereocenters. The fraction of sp³-hybridized carbons (Fsp3) is 0.562. The summed E-state index contributed by atoms with van der Waals surface area (Å²) < 4.78 is 4.77. The number of methoxy groups -OCH3 is 1. The number of carboxylic acid groups (broad SMARTS) is 1. The van der Waals surface area contributed by atoms with E-state index in [-0.39, 0.29) is 24.8 Å². The number of aliphatic carboxylic acids is 1. The molecule has 46 heavy (non-hydrogen) atoms. The summed E-state index contributed by atoms with van der Waals surface area (Å²) in [6.45, 7) is 5.51. The van der Waals surface area contributed by atoms with E-state index in [2.05, 4.69) is 20.9 Å². The zero-order valence-corrected chi connectivity index (χ0v) is 26.6. The third-order valence-corrected chi connectivity index (χ3v) is 8.74. The lowest BCUT2D eigenvalue weighted by atomic mass is 10.0. The van der Waals surface area contributed by atoms with E-state index in [4.69, 9.17) is 10.5 Å². The number of fused-ring (bicyclic) bond motifs is 1. The van der Waals surface area contributed by atoms with E-state index < -0.39 is 72.2 Å². The van der Waals surface area contributed by atoms with Gasteiger partial charge in [0.1, 0.15) is 24.2 Å². The second kappa shape index (κ2) is 14.8. The number of carbonyl (C=O) groups is 6. The number of aromatic amines is 1. The summed E-state index contributed by atoms with van der Waals surface area (Å²) in [6.07, 6.45) is 1.88. The molecule has 1 saturated carbocycles. The number of esters is 1. The third-order valence-electron chi connectivity index (χ3n) is 8.74. The van der Waals surface area contributed by atoms with Crippen molar-refractivity contribution in [3.05, 3.63) is 35.5 Å². The predicted octanol–water partition coefficient (Wildman–Crippen LogP) is 0.505. The van der Waals surface area contributed by atoms with E-state index in [9.17, 15) is 33.9 Å². The van der Waals surface area contributed by atoms with Crippen LogP contribution in [0.3, 0.4) is 0 Å². The van der Waals surface area contributed by atoms with E-state index >= 15 is 0 Å². The molecule has 1 aromatic heterocycles. The van der Waals surface area contributed by atoms with E-state index in [1.165, 1.54) is 12.0 Å². The Kier molecular flexibility index (Phi) is 11.0. The average Bonchev–Trinajstić information content (AvgIpc) is 3.64. The van der Waals surface area contributed by atoms with Gasteiger partial charge >= 0.3 is 11.9 Å². The Morgan fingerprint density at radius 3 is 2.37 bits per heavy atom. The zero-order valence-electron chi connectivity index (χ0n) is 26.6. The van der Waals surface area contributed by atoms with Crippen molar-refractivity contribution in [2.75, 3.05) is 13.7 Å². The number of carbonyl (C=O) groups excluding carboxylic acids is 5. The van der Waals surface area contributed by atoms with Crippen molar-refractivity contribution in [2.24, 2.45) is 17.6 Å². The molecule has 2 heterocycles. The molecular weight excluding hydrogens is 596 g/mol. The van der Waals surface area contributed by atoms with Gasteiger partial charge in [-0.3, -0.25) is 24.0 Å². The zero-order chi connectivity index (χ0) is 33.7. The van der Waals surface area contributed by atoms with Crippen molar-refractivity contribution < 1.29 is 38.6 Å². The van der Waals surface area contributed by atoms with Crippen LogP contribution in [0.4, 0.5) is 0 Å². The van der Waals surface area contributed by atoms with Crippen LogP contribution < -0.4 is 21.7 Å². The number of para-hydroxylation sites is 1.